The number of anilines is 2. The van der Waals surface area contributed by atoms with Crippen molar-refractivity contribution in [3.8, 4) is 0 Å². The molecule has 2 aromatic rings. The molecule has 1 saturated heterocycles. The van der Waals surface area contributed by atoms with Crippen LogP contribution < -0.4 is 16.0 Å². The van der Waals surface area contributed by atoms with Gasteiger partial charge in [-0.1, -0.05) is 30.3 Å². The molecule has 3 amide bonds. The Balaban J connectivity index is 1.30. The number of amides is 3. The van der Waals surface area contributed by atoms with Gasteiger partial charge in [0.05, 0.1) is 11.5 Å². The first-order valence-corrected chi connectivity index (χ1v) is 9.79. The molecule has 146 valence electrons. The highest BCUT2D eigenvalue weighted by atomic mass is 16.5. The molecule has 6 heteroatoms. The smallest absolute Gasteiger partial charge is 0.319 e. The third-order valence-electron chi connectivity index (χ3n) is 5.43. The maximum Gasteiger partial charge on any atom is 0.319 e. The van der Waals surface area contributed by atoms with Crippen molar-refractivity contribution in [2.24, 2.45) is 0 Å². The van der Waals surface area contributed by atoms with Crippen LogP contribution in [0.25, 0.3) is 0 Å². The van der Waals surface area contributed by atoms with Gasteiger partial charge in [-0.25, -0.2) is 4.79 Å². The molecular formula is C22H25N3O3. The Morgan fingerprint density at radius 1 is 0.964 bits per heavy atom. The van der Waals surface area contributed by atoms with Gasteiger partial charge in [0.25, 0.3) is 0 Å². The highest BCUT2D eigenvalue weighted by molar-refractivity contribution is 6.01. The van der Waals surface area contributed by atoms with Crippen LogP contribution in [-0.4, -0.2) is 31.2 Å². The Hall–Kier alpha value is -2.86. The van der Waals surface area contributed by atoms with Crippen molar-refractivity contribution in [2.45, 2.75) is 37.2 Å². The molecule has 2 aliphatic rings. The van der Waals surface area contributed by atoms with Crippen LogP contribution in [0.2, 0.25) is 0 Å². The fourth-order valence-corrected chi connectivity index (χ4v) is 3.60. The van der Waals surface area contributed by atoms with Crippen LogP contribution in [0.4, 0.5) is 16.2 Å². The Morgan fingerprint density at radius 2 is 1.64 bits per heavy atom. The number of nitrogens with one attached hydrogen (secondary N) is 3. The summed E-state index contributed by atoms with van der Waals surface area (Å²) in [5, 5.41) is 8.62. The first-order valence-electron chi connectivity index (χ1n) is 9.79. The molecule has 1 aliphatic heterocycles. The van der Waals surface area contributed by atoms with Gasteiger partial charge in [-0.05, 0) is 55.5 Å². The summed E-state index contributed by atoms with van der Waals surface area (Å²) >= 11 is 0. The minimum absolute atomic E-state index is 0.0220. The van der Waals surface area contributed by atoms with Crippen LogP contribution >= 0.6 is 0 Å². The summed E-state index contributed by atoms with van der Waals surface area (Å²) < 4.78 is 5.49. The number of carbonyl (C=O) groups is 2. The maximum absolute atomic E-state index is 12.8. The minimum Gasteiger partial charge on any atom is -0.376 e. The van der Waals surface area contributed by atoms with E-state index in [1.807, 2.05) is 30.3 Å². The average Bonchev–Trinajstić information content (AvgIpc) is 3.37. The zero-order chi connectivity index (χ0) is 19.4. The first-order chi connectivity index (χ1) is 13.7. The summed E-state index contributed by atoms with van der Waals surface area (Å²) in [6, 6.07) is 16.8. The zero-order valence-electron chi connectivity index (χ0n) is 15.7. The normalized spacial score (nSPS) is 19.6. The lowest BCUT2D eigenvalue weighted by Gasteiger charge is -2.16. The van der Waals surface area contributed by atoms with Gasteiger partial charge < -0.3 is 20.7 Å². The Kier molecular flexibility index (Phi) is 5.30. The van der Waals surface area contributed by atoms with E-state index in [4.69, 9.17) is 4.74 Å². The molecule has 6 nitrogen and oxygen atoms in total. The van der Waals surface area contributed by atoms with Crippen LogP contribution in [0.3, 0.4) is 0 Å². The van der Waals surface area contributed by atoms with Gasteiger partial charge in [0.1, 0.15) is 0 Å². The molecule has 2 fully saturated rings. The van der Waals surface area contributed by atoms with Crippen molar-refractivity contribution >= 4 is 23.3 Å². The molecule has 28 heavy (non-hydrogen) atoms. The lowest BCUT2D eigenvalue weighted by Crippen LogP contribution is -2.35. The summed E-state index contributed by atoms with van der Waals surface area (Å²) in [5.74, 6) is 0.0220. The van der Waals surface area contributed by atoms with Crippen LogP contribution in [0.1, 0.15) is 31.2 Å². The predicted octanol–water partition coefficient (Wildman–Crippen LogP) is 3.66. The van der Waals surface area contributed by atoms with Crippen LogP contribution in [0, 0.1) is 0 Å². The molecule has 0 radical (unpaired) electrons. The highest BCUT2D eigenvalue weighted by Crippen LogP contribution is 2.48. The van der Waals surface area contributed by atoms with Gasteiger partial charge in [0.2, 0.25) is 5.91 Å². The first kappa shape index (κ1) is 18.5. The fourth-order valence-electron chi connectivity index (χ4n) is 3.60. The number of carbonyl (C=O) groups excluding carboxylic acids is 2. The van der Waals surface area contributed by atoms with Crippen molar-refractivity contribution in [1.29, 1.82) is 0 Å². The molecule has 2 aromatic carbocycles. The molecular weight excluding hydrogens is 354 g/mol. The van der Waals surface area contributed by atoms with E-state index in [9.17, 15) is 9.59 Å². The molecule has 1 atom stereocenters. The van der Waals surface area contributed by atoms with Gasteiger partial charge in [-0.3, -0.25) is 4.79 Å². The minimum atomic E-state index is -0.402. The molecule has 1 heterocycles. The Morgan fingerprint density at radius 3 is 2.25 bits per heavy atom. The van der Waals surface area contributed by atoms with E-state index in [2.05, 4.69) is 16.0 Å². The van der Waals surface area contributed by atoms with E-state index >= 15 is 0 Å². The number of urea groups is 1. The monoisotopic (exact) mass is 379 g/mol. The molecule has 1 saturated carbocycles. The summed E-state index contributed by atoms with van der Waals surface area (Å²) in [6.07, 6.45) is 3.88. The molecule has 1 unspecified atom stereocenters. The van der Waals surface area contributed by atoms with Gasteiger partial charge in [-0.15, -0.1) is 0 Å². The number of benzene rings is 2. The molecule has 3 N–H and O–H groups in total. The van der Waals surface area contributed by atoms with E-state index < -0.39 is 5.41 Å². The molecule has 1 aliphatic carbocycles. The van der Waals surface area contributed by atoms with Gasteiger partial charge in [0.15, 0.2) is 0 Å². The number of rotatable bonds is 6. The maximum atomic E-state index is 12.8. The van der Waals surface area contributed by atoms with E-state index in [0.717, 1.165) is 43.5 Å². The van der Waals surface area contributed by atoms with E-state index in [-0.39, 0.29) is 18.0 Å². The standard InChI is InChI=1S/C22H25N3O3/c26-20(22(12-13-22)16-5-2-1-3-6-16)24-17-8-10-18(11-9-17)25-21(27)23-15-19-7-4-14-28-19/h1-3,5-6,8-11,19H,4,7,12-15H2,(H,24,26)(H2,23,25,27). The molecule has 0 spiro atoms. The van der Waals surface area contributed by atoms with Gasteiger partial charge in [-0.2, -0.15) is 0 Å². The van der Waals surface area contributed by atoms with Crippen LogP contribution in [-0.2, 0) is 14.9 Å². The second-order valence-electron chi connectivity index (χ2n) is 7.45. The van der Waals surface area contributed by atoms with Crippen LogP contribution in [0.15, 0.2) is 54.6 Å². The highest BCUT2D eigenvalue weighted by Gasteiger charge is 2.51. The second-order valence-corrected chi connectivity index (χ2v) is 7.45. The number of hydrogen-bond acceptors (Lipinski definition) is 3. The molecule has 0 aromatic heterocycles. The van der Waals surface area contributed by atoms with Crippen molar-refractivity contribution in [3.63, 3.8) is 0 Å². The zero-order valence-corrected chi connectivity index (χ0v) is 15.7. The summed E-state index contributed by atoms with van der Waals surface area (Å²) in [7, 11) is 0. The topological polar surface area (TPSA) is 79.5 Å². The number of hydrogen-bond donors (Lipinski definition) is 3. The Labute approximate surface area is 164 Å². The van der Waals surface area contributed by atoms with E-state index in [1.165, 1.54) is 0 Å². The van der Waals surface area contributed by atoms with Gasteiger partial charge >= 0.3 is 6.03 Å². The SMILES string of the molecule is O=C(NCC1CCCO1)Nc1ccc(NC(=O)C2(c3ccccc3)CC2)cc1. The van der Waals surface area contributed by atoms with Gasteiger partial charge in [0, 0.05) is 24.5 Å². The lowest BCUT2D eigenvalue weighted by atomic mass is 9.95. The van der Waals surface area contributed by atoms with Crippen LogP contribution in [0.5, 0.6) is 0 Å². The molecule has 4 rings (SSSR count). The van der Waals surface area contributed by atoms with Crippen molar-refractivity contribution in [2.75, 3.05) is 23.8 Å². The second kappa shape index (κ2) is 8.02. The van der Waals surface area contributed by atoms with Crippen molar-refractivity contribution < 1.29 is 14.3 Å². The summed E-state index contributed by atoms with van der Waals surface area (Å²) in [6.45, 7) is 1.29. The lowest BCUT2D eigenvalue weighted by molar-refractivity contribution is -0.118. The quantitative estimate of drug-likeness (QED) is 0.717. The summed E-state index contributed by atoms with van der Waals surface area (Å²) in [4.78, 5) is 24.7. The third kappa shape index (κ3) is 4.17. The largest absolute Gasteiger partial charge is 0.376 e. The Bertz CT molecular complexity index is 826. The van der Waals surface area contributed by atoms with Crippen molar-refractivity contribution in [1.82, 2.24) is 5.32 Å². The number of ether oxygens (including phenoxy) is 1. The molecule has 0 bridgehead atoms. The average molecular weight is 379 g/mol. The summed E-state index contributed by atoms with van der Waals surface area (Å²) in [5.41, 5.74) is 2.05. The van der Waals surface area contributed by atoms with E-state index in [1.54, 1.807) is 24.3 Å². The third-order valence-corrected chi connectivity index (χ3v) is 5.43. The predicted molar refractivity (Wildman–Crippen MR) is 108 cm³/mol. The van der Waals surface area contributed by atoms with E-state index in [0.29, 0.717) is 12.2 Å². The van der Waals surface area contributed by atoms with Crippen molar-refractivity contribution in [3.05, 3.63) is 60.2 Å². The fraction of sp³-hybridized carbons (Fsp3) is 0.364.